The molecule has 0 bridgehead atoms. The average molecular weight is 494 g/mol. The number of anilines is 2. The lowest BCUT2D eigenvalue weighted by Gasteiger charge is -2.19. The number of aromatic nitrogens is 3. The first-order chi connectivity index (χ1) is 15.5. The van der Waals surface area contributed by atoms with Gasteiger partial charge in [0.25, 0.3) is 0 Å². The molecule has 2 heterocycles. The summed E-state index contributed by atoms with van der Waals surface area (Å²) in [7, 11) is 5.59. The average Bonchev–Trinajstić information content (AvgIpc) is 3.33. The second-order valence-corrected chi connectivity index (χ2v) is 10.3. The van der Waals surface area contributed by atoms with Crippen LogP contribution in [0.15, 0.2) is 24.3 Å². The van der Waals surface area contributed by atoms with Crippen molar-refractivity contribution < 1.29 is 14.9 Å². The predicted octanol–water partition coefficient (Wildman–Crippen LogP) is 4.41. The van der Waals surface area contributed by atoms with E-state index in [2.05, 4.69) is 16.4 Å². The molecule has 3 aromatic rings. The van der Waals surface area contributed by atoms with Crippen molar-refractivity contribution in [2.75, 3.05) is 38.0 Å². The Morgan fingerprint density at radius 2 is 1.88 bits per heavy atom. The molecule has 0 saturated heterocycles. The number of nitrogens with zero attached hydrogens (tertiary/aromatic N) is 4. The molecule has 10 heteroatoms. The largest absolute Gasteiger partial charge is 0.384 e. The standard InChI is InChI=1S/C20H24ClN5OS.C3H8O2/c1-26(2)20-24-17(21)16(19-23-14-6-4-5-7-15(14)28-19)18(25-20)22-13-9-8-12(10-13)11-27-3;1-3(2,4)5/h4-7,12-13H,8-11H2,1-3H3,(H,22,24,25);4-5H,1-2H3. The van der Waals surface area contributed by atoms with Gasteiger partial charge in [-0.15, -0.1) is 11.3 Å². The molecule has 0 amide bonds. The van der Waals surface area contributed by atoms with E-state index in [1.54, 1.807) is 18.4 Å². The Morgan fingerprint density at radius 1 is 1.18 bits per heavy atom. The van der Waals surface area contributed by atoms with Crippen LogP contribution in [0.1, 0.15) is 33.1 Å². The molecule has 1 fully saturated rings. The van der Waals surface area contributed by atoms with Crippen LogP contribution in [0, 0.1) is 5.92 Å². The minimum atomic E-state index is -1.50. The maximum absolute atomic E-state index is 8.08. The van der Waals surface area contributed by atoms with Gasteiger partial charge in [0.2, 0.25) is 5.95 Å². The zero-order valence-electron chi connectivity index (χ0n) is 19.7. The molecule has 0 aliphatic heterocycles. The summed E-state index contributed by atoms with van der Waals surface area (Å²) in [6.45, 7) is 3.40. The summed E-state index contributed by atoms with van der Waals surface area (Å²) >= 11 is 8.24. The Labute approximate surface area is 203 Å². The van der Waals surface area contributed by atoms with Gasteiger partial charge in [-0.3, -0.25) is 0 Å². The molecule has 0 spiro atoms. The molecule has 1 aromatic carbocycles. The third-order valence-corrected chi connectivity index (χ3v) is 6.37. The quantitative estimate of drug-likeness (QED) is 0.343. The van der Waals surface area contributed by atoms with Gasteiger partial charge >= 0.3 is 0 Å². The van der Waals surface area contributed by atoms with E-state index >= 15 is 0 Å². The zero-order chi connectivity index (χ0) is 24.2. The summed E-state index contributed by atoms with van der Waals surface area (Å²) in [4.78, 5) is 15.9. The van der Waals surface area contributed by atoms with Crippen molar-refractivity contribution in [2.45, 2.75) is 44.9 Å². The summed E-state index contributed by atoms with van der Waals surface area (Å²) < 4.78 is 6.45. The summed E-state index contributed by atoms with van der Waals surface area (Å²) in [6, 6.07) is 8.43. The zero-order valence-corrected chi connectivity index (χ0v) is 21.2. The van der Waals surface area contributed by atoms with Gasteiger partial charge in [-0.05, 0) is 51.2 Å². The number of nitrogens with one attached hydrogen (secondary N) is 1. The number of thiazole rings is 1. The number of halogens is 1. The molecule has 1 saturated carbocycles. The smallest absolute Gasteiger partial charge is 0.228 e. The second-order valence-electron chi connectivity index (χ2n) is 8.89. The molecule has 2 unspecified atom stereocenters. The first-order valence-electron chi connectivity index (χ1n) is 10.9. The van der Waals surface area contributed by atoms with Crippen molar-refractivity contribution in [1.29, 1.82) is 0 Å². The molecular formula is C23H32ClN5O3S. The number of hydrogen-bond acceptors (Lipinski definition) is 9. The predicted molar refractivity (Wildman–Crippen MR) is 135 cm³/mol. The van der Waals surface area contributed by atoms with Crippen molar-refractivity contribution in [3.05, 3.63) is 29.4 Å². The minimum absolute atomic E-state index is 0.342. The van der Waals surface area contributed by atoms with Crippen LogP contribution >= 0.6 is 22.9 Å². The Balaban J connectivity index is 0.000000555. The number of fused-ring (bicyclic) bond motifs is 1. The van der Waals surface area contributed by atoms with Crippen LogP contribution < -0.4 is 10.2 Å². The van der Waals surface area contributed by atoms with E-state index in [0.29, 0.717) is 23.1 Å². The third-order valence-electron chi connectivity index (χ3n) is 5.05. The van der Waals surface area contributed by atoms with Gasteiger partial charge in [-0.1, -0.05) is 23.7 Å². The number of rotatable bonds is 6. The highest BCUT2D eigenvalue weighted by Crippen LogP contribution is 2.40. The highest BCUT2D eigenvalue weighted by molar-refractivity contribution is 7.21. The Bertz CT molecular complexity index is 1030. The van der Waals surface area contributed by atoms with Crippen LogP contribution in [0.2, 0.25) is 5.15 Å². The van der Waals surface area contributed by atoms with Crippen LogP contribution in [0.5, 0.6) is 0 Å². The normalized spacial score (nSPS) is 18.2. The van der Waals surface area contributed by atoms with Crippen LogP contribution in [0.4, 0.5) is 11.8 Å². The molecule has 2 aromatic heterocycles. The van der Waals surface area contributed by atoms with E-state index in [1.165, 1.54) is 13.8 Å². The van der Waals surface area contributed by atoms with E-state index < -0.39 is 5.79 Å². The lowest BCUT2D eigenvalue weighted by Crippen LogP contribution is -2.20. The molecule has 33 heavy (non-hydrogen) atoms. The lowest BCUT2D eigenvalue weighted by molar-refractivity contribution is -0.127. The van der Waals surface area contributed by atoms with Gasteiger partial charge in [0, 0.05) is 33.9 Å². The van der Waals surface area contributed by atoms with Crippen LogP contribution in [-0.2, 0) is 4.74 Å². The Morgan fingerprint density at radius 3 is 2.52 bits per heavy atom. The van der Waals surface area contributed by atoms with Gasteiger partial charge < -0.3 is 25.2 Å². The van der Waals surface area contributed by atoms with E-state index in [9.17, 15) is 0 Å². The Kier molecular flexibility index (Phi) is 8.47. The van der Waals surface area contributed by atoms with E-state index in [-0.39, 0.29) is 0 Å². The van der Waals surface area contributed by atoms with Crippen molar-refractivity contribution in [3.63, 3.8) is 0 Å². The molecule has 180 valence electrons. The number of aliphatic hydroxyl groups is 2. The van der Waals surface area contributed by atoms with Gasteiger partial charge in [-0.25, -0.2) is 9.97 Å². The number of ether oxygens (including phenoxy) is 1. The highest BCUT2D eigenvalue weighted by atomic mass is 35.5. The van der Waals surface area contributed by atoms with Crippen LogP contribution in [0.3, 0.4) is 0 Å². The number of methoxy groups -OCH3 is 1. The molecular weight excluding hydrogens is 462 g/mol. The monoisotopic (exact) mass is 493 g/mol. The SMILES string of the molecule is CC(C)(O)O.COCC1CCC(Nc2nc(N(C)C)nc(Cl)c2-c2nc3ccccc3s2)C1. The highest BCUT2D eigenvalue weighted by Gasteiger charge is 2.27. The maximum atomic E-state index is 8.08. The molecule has 1 aliphatic rings. The summed E-state index contributed by atoms with van der Waals surface area (Å²) in [6.07, 6.45) is 3.31. The van der Waals surface area contributed by atoms with Crippen LogP contribution in [-0.4, -0.2) is 64.8 Å². The molecule has 0 radical (unpaired) electrons. The van der Waals surface area contributed by atoms with E-state index in [1.807, 2.05) is 37.2 Å². The molecule has 3 N–H and O–H groups in total. The number of para-hydroxylation sites is 1. The fraction of sp³-hybridized carbons (Fsp3) is 0.522. The summed E-state index contributed by atoms with van der Waals surface area (Å²) in [5, 5.41) is 21.0. The minimum Gasteiger partial charge on any atom is -0.384 e. The first kappa shape index (κ1) is 25.6. The van der Waals surface area contributed by atoms with E-state index in [0.717, 1.165) is 52.5 Å². The second kappa shape index (κ2) is 10.9. The molecule has 1 aliphatic carbocycles. The fourth-order valence-electron chi connectivity index (χ4n) is 3.68. The van der Waals surface area contributed by atoms with Crippen molar-refractivity contribution in [3.8, 4) is 10.6 Å². The van der Waals surface area contributed by atoms with Crippen molar-refractivity contribution >= 4 is 44.9 Å². The van der Waals surface area contributed by atoms with Gasteiger partial charge in [0.15, 0.2) is 5.79 Å². The summed E-state index contributed by atoms with van der Waals surface area (Å²) in [5.74, 6) is 0.425. The van der Waals surface area contributed by atoms with E-state index in [4.69, 9.17) is 36.5 Å². The van der Waals surface area contributed by atoms with Crippen molar-refractivity contribution in [1.82, 2.24) is 15.0 Å². The molecule has 2 atom stereocenters. The molecule has 8 nitrogen and oxygen atoms in total. The van der Waals surface area contributed by atoms with Crippen molar-refractivity contribution in [2.24, 2.45) is 5.92 Å². The van der Waals surface area contributed by atoms with Gasteiger partial charge in [-0.2, -0.15) is 4.98 Å². The van der Waals surface area contributed by atoms with Gasteiger partial charge in [0.05, 0.1) is 15.8 Å². The van der Waals surface area contributed by atoms with Gasteiger partial charge in [0.1, 0.15) is 16.0 Å². The Hall–Kier alpha value is -2.04. The number of hydrogen-bond donors (Lipinski definition) is 3. The fourth-order valence-corrected chi connectivity index (χ4v) is 5.01. The third kappa shape index (κ3) is 7.22. The summed E-state index contributed by atoms with van der Waals surface area (Å²) in [5.41, 5.74) is 1.74. The van der Waals surface area contributed by atoms with Crippen LogP contribution in [0.25, 0.3) is 20.8 Å². The molecule has 4 rings (SSSR count). The first-order valence-corrected chi connectivity index (χ1v) is 12.1. The lowest BCUT2D eigenvalue weighted by atomic mass is 10.1. The topological polar surface area (TPSA) is 104 Å². The maximum Gasteiger partial charge on any atom is 0.228 e. The number of benzene rings is 1.